The van der Waals surface area contributed by atoms with Crippen molar-refractivity contribution in [2.24, 2.45) is 0 Å². The quantitative estimate of drug-likeness (QED) is 0.752. The van der Waals surface area contributed by atoms with Crippen molar-refractivity contribution in [3.63, 3.8) is 0 Å². The molecule has 0 unspecified atom stereocenters. The summed E-state index contributed by atoms with van der Waals surface area (Å²) in [6.45, 7) is 0. The summed E-state index contributed by atoms with van der Waals surface area (Å²) in [6.07, 6.45) is 1.46. The SMILES string of the molecule is COc1ccnc(OC)c1CS(=O)(=O)Cl. The van der Waals surface area contributed by atoms with Crippen LogP contribution >= 0.6 is 10.7 Å². The van der Waals surface area contributed by atoms with E-state index in [1.807, 2.05) is 0 Å². The number of halogens is 1. The lowest BCUT2D eigenvalue weighted by molar-refractivity contribution is 0.375. The number of methoxy groups -OCH3 is 2. The van der Waals surface area contributed by atoms with Gasteiger partial charge in [0, 0.05) is 16.9 Å². The van der Waals surface area contributed by atoms with Crippen LogP contribution in [0.1, 0.15) is 5.56 Å². The van der Waals surface area contributed by atoms with E-state index >= 15 is 0 Å². The van der Waals surface area contributed by atoms with Crippen molar-refractivity contribution in [2.45, 2.75) is 5.75 Å². The van der Waals surface area contributed by atoms with Crippen LogP contribution in [0.15, 0.2) is 12.3 Å². The maximum Gasteiger partial charge on any atom is 0.237 e. The summed E-state index contributed by atoms with van der Waals surface area (Å²) in [7, 11) is 4.31. The fraction of sp³-hybridized carbons (Fsp3) is 0.375. The van der Waals surface area contributed by atoms with Crippen LogP contribution in [0.5, 0.6) is 11.6 Å². The summed E-state index contributed by atoms with van der Waals surface area (Å²) < 4.78 is 31.8. The summed E-state index contributed by atoms with van der Waals surface area (Å²) in [6, 6.07) is 1.54. The molecule has 0 spiro atoms. The van der Waals surface area contributed by atoms with Crippen LogP contribution in [0, 0.1) is 0 Å². The molecular formula is C8H10ClNO4S. The van der Waals surface area contributed by atoms with E-state index in [1.54, 1.807) is 6.07 Å². The zero-order valence-corrected chi connectivity index (χ0v) is 9.80. The average molecular weight is 252 g/mol. The molecule has 0 amide bonds. The molecule has 0 aromatic carbocycles. The second-order valence-corrected chi connectivity index (χ2v) is 5.46. The Kier molecular flexibility index (Phi) is 3.76. The molecule has 15 heavy (non-hydrogen) atoms. The highest BCUT2D eigenvalue weighted by Crippen LogP contribution is 2.28. The van der Waals surface area contributed by atoms with E-state index < -0.39 is 9.05 Å². The molecule has 0 atom stereocenters. The Bertz CT molecular complexity index is 424. The molecular weight excluding hydrogens is 242 g/mol. The van der Waals surface area contributed by atoms with Crippen molar-refractivity contribution in [1.82, 2.24) is 4.98 Å². The second-order valence-electron chi connectivity index (χ2n) is 2.68. The van der Waals surface area contributed by atoms with Gasteiger partial charge in [-0.05, 0) is 6.07 Å². The fourth-order valence-electron chi connectivity index (χ4n) is 1.13. The van der Waals surface area contributed by atoms with Gasteiger partial charge >= 0.3 is 0 Å². The molecule has 1 aromatic rings. The van der Waals surface area contributed by atoms with Crippen molar-refractivity contribution in [3.8, 4) is 11.6 Å². The van der Waals surface area contributed by atoms with Gasteiger partial charge in [-0.25, -0.2) is 13.4 Å². The van der Waals surface area contributed by atoms with E-state index in [-0.39, 0.29) is 11.6 Å². The topological polar surface area (TPSA) is 65.5 Å². The smallest absolute Gasteiger partial charge is 0.237 e. The summed E-state index contributed by atoms with van der Waals surface area (Å²) in [4.78, 5) is 3.86. The molecule has 0 radical (unpaired) electrons. The Morgan fingerprint density at radius 1 is 1.40 bits per heavy atom. The molecule has 1 rings (SSSR count). The lowest BCUT2D eigenvalue weighted by Gasteiger charge is -2.09. The maximum atomic E-state index is 11.0. The monoisotopic (exact) mass is 251 g/mol. The van der Waals surface area contributed by atoms with Crippen LogP contribution in [0.4, 0.5) is 0 Å². The Morgan fingerprint density at radius 2 is 2.07 bits per heavy atom. The number of ether oxygens (including phenoxy) is 2. The van der Waals surface area contributed by atoms with Gasteiger partial charge in [-0.2, -0.15) is 0 Å². The lowest BCUT2D eigenvalue weighted by Crippen LogP contribution is -2.03. The van der Waals surface area contributed by atoms with Crippen molar-refractivity contribution in [1.29, 1.82) is 0 Å². The zero-order chi connectivity index (χ0) is 11.5. The molecule has 0 saturated carbocycles. The third-order valence-electron chi connectivity index (χ3n) is 1.70. The third-order valence-corrected chi connectivity index (χ3v) is 2.66. The Balaban J connectivity index is 3.22. The minimum Gasteiger partial charge on any atom is -0.496 e. The van der Waals surface area contributed by atoms with Gasteiger partial charge in [0.25, 0.3) is 0 Å². The number of nitrogens with zero attached hydrogens (tertiary/aromatic N) is 1. The Morgan fingerprint density at radius 3 is 2.53 bits per heavy atom. The molecule has 1 heterocycles. The van der Waals surface area contributed by atoms with Gasteiger partial charge in [-0.1, -0.05) is 0 Å². The van der Waals surface area contributed by atoms with Gasteiger partial charge in [0.1, 0.15) is 5.75 Å². The minimum absolute atomic E-state index is 0.193. The van der Waals surface area contributed by atoms with Crippen LogP contribution < -0.4 is 9.47 Å². The molecule has 1 aromatic heterocycles. The number of hydrogen-bond donors (Lipinski definition) is 0. The highest BCUT2D eigenvalue weighted by molar-refractivity contribution is 8.13. The first kappa shape index (κ1) is 12.1. The summed E-state index contributed by atoms with van der Waals surface area (Å²) in [5, 5.41) is 0. The van der Waals surface area contributed by atoms with Gasteiger partial charge in [0.15, 0.2) is 0 Å². The first-order valence-electron chi connectivity index (χ1n) is 3.96. The molecule has 7 heteroatoms. The highest BCUT2D eigenvalue weighted by atomic mass is 35.7. The first-order valence-corrected chi connectivity index (χ1v) is 6.44. The lowest BCUT2D eigenvalue weighted by atomic mass is 10.3. The van der Waals surface area contributed by atoms with Crippen molar-refractivity contribution >= 4 is 19.7 Å². The molecule has 0 saturated heterocycles. The van der Waals surface area contributed by atoms with E-state index in [2.05, 4.69) is 4.98 Å². The van der Waals surface area contributed by atoms with Crippen LogP contribution in [0.3, 0.4) is 0 Å². The summed E-state index contributed by atoms with van der Waals surface area (Å²) in [5.74, 6) is 0.194. The molecule has 84 valence electrons. The van der Waals surface area contributed by atoms with E-state index in [1.165, 1.54) is 20.4 Å². The molecule has 0 bridgehead atoms. The van der Waals surface area contributed by atoms with Gasteiger partial charge < -0.3 is 9.47 Å². The van der Waals surface area contributed by atoms with E-state index in [0.29, 0.717) is 11.3 Å². The van der Waals surface area contributed by atoms with Crippen LogP contribution in [0.25, 0.3) is 0 Å². The second kappa shape index (κ2) is 4.67. The maximum absolute atomic E-state index is 11.0. The van der Waals surface area contributed by atoms with Crippen LogP contribution in [0.2, 0.25) is 0 Å². The number of rotatable bonds is 4. The molecule has 0 N–H and O–H groups in total. The number of aromatic nitrogens is 1. The summed E-state index contributed by atoms with van der Waals surface area (Å²) in [5.41, 5.74) is 0.317. The van der Waals surface area contributed by atoms with Crippen molar-refractivity contribution in [3.05, 3.63) is 17.8 Å². The van der Waals surface area contributed by atoms with Crippen molar-refractivity contribution < 1.29 is 17.9 Å². The predicted octanol–water partition coefficient (Wildman–Crippen LogP) is 1.17. The molecule has 5 nitrogen and oxygen atoms in total. The van der Waals surface area contributed by atoms with Crippen LogP contribution in [-0.2, 0) is 14.8 Å². The van der Waals surface area contributed by atoms with Crippen LogP contribution in [-0.4, -0.2) is 27.6 Å². The van der Waals surface area contributed by atoms with Crippen molar-refractivity contribution in [2.75, 3.05) is 14.2 Å². The molecule has 0 aliphatic rings. The molecule has 0 aliphatic heterocycles. The normalized spacial score (nSPS) is 11.1. The van der Waals surface area contributed by atoms with E-state index in [9.17, 15) is 8.42 Å². The number of hydrogen-bond acceptors (Lipinski definition) is 5. The largest absolute Gasteiger partial charge is 0.496 e. The highest BCUT2D eigenvalue weighted by Gasteiger charge is 2.17. The van der Waals surface area contributed by atoms with Gasteiger partial charge in [-0.3, -0.25) is 0 Å². The first-order chi connectivity index (χ1) is 6.98. The molecule has 0 aliphatic carbocycles. The standard InChI is InChI=1S/C8H10ClNO4S/c1-13-7-3-4-10-8(14-2)6(7)5-15(9,11)12/h3-4H,5H2,1-2H3. The van der Waals surface area contributed by atoms with E-state index in [0.717, 1.165) is 0 Å². The summed E-state index contributed by atoms with van der Waals surface area (Å²) >= 11 is 0. The third kappa shape index (κ3) is 3.24. The minimum atomic E-state index is -3.67. The average Bonchev–Trinajstić information content (AvgIpc) is 2.16. The predicted molar refractivity (Wildman–Crippen MR) is 55.8 cm³/mol. The zero-order valence-electron chi connectivity index (χ0n) is 8.23. The van der Waals surface area contributed by atoms with Gasteiger partial charge in [-0.15, -0.1) is 0 Å². The fourth-order valence-corrected chi connectivity index (χ4v) is 2.07. The Labute approximate surface area is 92.4 Å². The van der Waals surface area contributed by atoms with Gasteiger partial charge in [0.2, 0.25) is 14.9 Å². The number of pyridine rings is 1. The van der Waals surface area contributed by atoms with Gasteiger partial charge in [0.05, 0.1) is 25.5 Å². The Hall–Kier alpha value is -1.01. The molecule has 0 fully saturated rings. The van der Waals surface area contributed by atoms with E-state index in [4.69, 9.17) is 20.2 Å².